The van der Waals surface area contributed by atoms with E-state index >= 15 is 0 Å². The zero-order valence-electron chi connectivity index (χ0n) is 10.6. The van der Waals surface area contributed by atoms with Gasteiger partial charge in [-0.05, 0) is 26.7 Å². The number of hydrogen-bond donors (Lipinski definition) is 3. The van der Waals surface area contributed by atoms with Gasteiger partial charge in [0.1, 0.15) is 0 Å². The van der Waals surface area contributed by atoms with Crippen molar-refractivity contribution in [2.75, 3.05) is 6.54 Å². The maximum absolute atomic E-state index is 12.0. The quantitative estimate of drug-likeness (QED) is 0.682. The summed E-state index contributed by atoms with van der Waals surface area (Å²) in [6, 6.07) is 0. The van der Waals surface area contributed by atoms with E-state index in [1.165, 1.54) is 0 Å². The van der Waals surface area contributed by atoms with Gasteiger partial charge in [0.15, 0.2) is 0 Å². The van der Waals surface area contributed by atoms with Gasteiger partial charge < -0.3 is 16.2 Å². The fourth-order valence-electron chi connectivity index (χ4n) is 1.96. The van der Waals surface area contributed by atoms with E-state index in [2.05, 4.69) is 5.32 Å². The molecule has 5 nitrogen and oxygen atoms in total. The van der Waals surface area contributed by atoms with Gasteiger partial charge in [0.25, 0.3) is 0 Å². The Bertz CT molecular complexity index is 307. The number of carboxylic acids is 1. The highest BCUT2D eigenvalue weighted by Gasteiger charge is 2.36. The van der Waals surface area contributed by atoms with Crippen molar-refractivity contribution in [1.29, 1.82) is 0 Å². The monoisotopic (exact) mass is 242 g/mol. The lowest BCUT2D eigenvalue weighted by Gasteiger charge is -2.33. The summed E-state index contributed by atoms with van der Waals surface area (Å²) in [6.45, 7) is 3.28. The largest absolute Gasteiger partial charge is 0.481 e. The minimum absolute atomic E-state index is 0.111. The average molecular weight is 242 g/mol. The second kappa shape index (κ2) is 5.04. The predicted molar refractivity (Wildman–Crippen MR) is 64.4 cm³/mol. The molecule has 1 amide bonds. The van der Waals surface area contributed by atoms with Crippen LogP contribution in [0.1, 0.15) is 46.0 Å². The first-order valence-electron chi connectivity index (χ1n) is 6.08. The third-order valence-electron chi connectivity index (χ3n) is 3.47. The number of hydrogen-bond acceptors (Lipinski definition) is 3. The molecule has 0 aliphatic heterocycles. The molecule has 0 aromatic heterocycles. The second-order valence-electron chi connectivity index (χ2n) is 5.59. The molecule has 1 saturated carbocycles. The first kappa shape index (κ1) is 14.0. The van der Waals surface area contributed by atoms with Crippen LogP contribution in [0.25, 0.3) is 0 Å². The van der Waals surface area contributed by atoms with Crippen molar-refractivity contribution in [3.8, 4) is 0 Å². The van der Waals surface area contributed by atoms with Crippen molar-refractivity contribution in [2.24, 2.45) is 11.1 Å². The van der Waals surface area contributed by atoms with Crippen LogP contribution in [0.15, 0.2) is 0 Å². The van der Waals surface area contributed by atoms with Gasteiger partial charge in [-0.3, -0.25) is 9.59 Å². The molecule has 0 radical (unpaired) electrons. The molecular weight excluding hydrogens is 220 g/mol. The number of rotatable bonds is 4. The van der Waals surface area contributed by atoms with Gasteiger partial charge >= 0.3 is 5.97 Å². The predicted octanol–water partition coefficient (Wildman–Crippen LogP) is 0.875. The van der Waals surface area contributed by atoms with Crippen molar-refractivity contribution >= 4 is 11.9 Å². The number of amides is 1. The molecule has 0 spiro atoms. The Hall–Kier alpha value is -1.10. The molecule has 1 rings (SSSR count). The van der Waals surface area contributed by atoms with E-state index in [0.717, 1.165) is 19.3 Å². The van der Waals surface area contributed by atoms with Crippen LogP contribution >= 0.6 is 0 Å². The molecule has 0 aromatic rings. The number of nitrogens with two attached hydrogens (primary N) is 1. The molecule has 17 heavy (non-hydrogen) atoms. The van der Waals surface area contributed by atoms with E-state index in [1.54, 1.807) is 13.8 Å². The molecule has 0 bridgehead atoms. The minimum atomic E-state index is -0.958. The fraction of sp³-hybridized carbons (Fsp3) is 0.833. The number of nitrogens with one attached hydrogen (secondary N) is 1. The fourth-order valence-corrected chi connectivity index (χ4v) is 1.96. The topological polar surface area (TPSA) is 92.4 Å². The molecule has 1 aliphatic rings. The number of carbonyl (C=O) groups excluding carboxylic acids is 1. The maximum Gasteiger partial charge on any atom is 0.310 e. The van der Waals surface area contributed by atoms with E-state index in [1.807, 2.05) is 0 Å². The standard InChI is InChI=1S/C12H22N2O3/c1-11(2,10(16)17)8-14-9(15)12(13)6-4-3-5-7-12/h3-8,13H2,1-2H3,(H,14,15)(H,16,17). The Morgan fingerprint density at radius 2 is 1.82 bits per heavy atom. The second-order valence-corrected chi connectivity index (χ2v) is 5.59. The van der Waals surface area contributed by atoms with Crippen LogP contribution in [0.3, 0.4) is 0 Å². The van der Waals surface area contributed by atoms with Crippen LogP contribution in [-0.4, -0.2) is 29.1 Å². The zero-order valence-corrected chi connectivity index (χ0v) is 10.6. The van der Waals surface area contributed by atoms with Gasteiger partial charge in [-0.25, -0.2) is 0 Å². The Kier molecular flexibility index (Phi) is 4.14. The highest BCUT2D eigenvalue weighted by Crippen LogP contribution is 2.26. The summed E-state index contributed by atoms with van der Waals surface area (Å²) in [5.41, 5.74) is 4.29. The number of carbonyl (C=O) groups is 2. The van der Waals surface area contributed by atoms with Gasteiger partial charge in [0.2, 0.25) is 5.91 Å². The first-order chi connectivity index (χ1) is 7.78. The average Bonchev–Trinajstić information content (AvgIpc) is 2.26. The molecule has 0 aromatic carbocycles. The van der Waals surface area contributed by atoms with Crippen LogP contribution in [0.5, 0.6) is 0 Å². The minimum Gasteiger partial charge on any atom is -0.481 e. The SMILES string of the molecule is CC(C)(CNC(=O)C1(N)CCCCC1)C(=O)O. The van der Waals surface area contributed by atoms with Gasteiger partial charge in [0, 0.05) is 6.54 Å². The van der Waals surface area contributed by atoms with Crippen molar-refractivity contribution in [3.63, 3.8) is 0 Å². The smallest absolute Gasteiger partial charge is 0.310 e. The normalized spacial score (nSPS) is 19.7. The van der Waals surface area contributed by atoms with E-state index < -0.39 is 16.9 Å². The van der Waals surface area contributed by atoms with Crippen LogP contribution in [0.4, 0.5) is 0 Å². The molecule has 1 aliphatic carbocycles. The maximum atomic E-state index is 12.0. The van der Waals surface area contributed by atoms with Crippen LogP contribution < -0.4 is 11.1 Å². The number of carboxylic acid groups (broad SMARTS) is 1. The Balaban J connectivity index is 2.52. The summed E-state index contributed by atoms with van der Waals surface area (Å²) in [5, 5.41) is 11.6. The van der Waals surface area contributed by atoms with E-state index in [9.17, 15) is 9.59 Å². The molecule has 1 fully saturated rings. The molecule has 0 unspecified atom stereocenters. The van der Waals surface area contributed by atoms with Gasteiger partial charge in [-0.15, -0.1) is 0 Å². The lowest BCUT2D eigenvalue weighted by Crippen LogP contribution is -2.56. The van der Waals surface area contributed by atoms with Crippen molar-refractivity contribution in [1.82, 2.24) is 5.32 Å². The van der Waals surface area contributed by atoms with E-state index in [-0.39, 0.29) is 12.5 Å². The highest BCUT2D eigenvalue weighted by molar-refractivity contribution is 5.86. The summed E-state index contributed by atoms with van der Waals surface area (Å²) in [7, 11) is 0. The molecule has 4 N–H and O–H groups in total. The van der Waals surface area contributed by atoms with Crippen LogP contribution in [-0.2, 0) is 9.59 Å². The molecular formula is C12H22N2O3. The van der Waals surface area contributed by atoms with Crippen LogP contribution in [0, 0.1) is 5.41 Å². The van der Waals surface area contributed by atoms with Gasteiger partial charge in [0.05, 0.1) is 11.0 Å². The molecule has 5 heteroatoms. The zero-order chi connectivity index (χ0) is 13.1. The molecule has 0 saturated heterocycles. The summed E-state index contributed by atoms with van der Waals surface area (Å²) in [6.07, 6.45) is 4.42. The summed E-state index contributed by atoms with van der Waals surface area (Å²) < 4.78 is 0. The Morgan fingerprint density at radius 3 is 2.29 bits per heavy atom. The summed E-state index contributed by atoms with van der Waals surface area (Å²) in [5.74, 6) is -1.14. The lowest BCUT2D eigenvalue weighted by molar-refractivity contribution is -0.147. The third kappa shape index (κ3) is 3.43. The molecule has 0 atom stereocenters. The van der Waals surface area contributed by atoms with E-state index in [4.69, 9.17) is 10.8 Å². The molecule has 0 heterocycles. The summed E-state index contributed by atoms with van der Waals surface area (Å²) >= 11 is 0. The Labute approximate surface area is 102 Å². The van der Waals surface area contributed by atoms with Gasteiger partial charge in [-0.2, -0.15) is 0 Å². The molecule has 98 valence electrons. The van der Waals surface area contributed by atoms with E-state index in [0.29, 0.717) is 12.8 Å². The number of aliphatic carboxylic acids is 1. The van der Waals surface area contributed by atoms with Crippen molar-refractivity contribution < 1.29 is 14.7 Å². The first-order valence-corrected chi connectivity index (χ1v) is 6.08. The van der Waals surface area contributed by atoms with Gasteiger partial charge in [-0.1, -0.05) is 19.3 Å². The Morgan fingerprint density at radius 1 is 1.29 bits per heavy atom. The van der Waals surface area contributed by atoms with Crippen molar-refractivity contribution in [3.05, 3.63) is 0 Å². The van der Waals surface area contributed by atoms with Crippen molar-refractivity contribution in [2.45, 2.75) is 51.5 Å². The highest BCUT2D eigenvalue weighted by atomic mass is 16.4. The third-order valence-corrected chi connectivity index (χ3v) is 3.47. The summed E-state index contributed by atoms with van der Waals surface area (Å²) in [4.78, 5) is 22.9. The lowest BCUT2D eigenvalue weighted by atomic mass is 9.81. The van der Waals surface area contributed by atoms with Crippen LogP contribution in [0.2, 0.25) is 0 Å².